The lowest BCUT2D eigenvalue weighted by molar-refractivity contribution is -0.0451. The molecule has 0 radical (unpaired) electrons. The van der Waals surface area contributed by atoms with E-state index in [-0.39, 0.29) is 18.5 Å². The van der Waals surface area contributed by atoms with Crippen molar-refractivity contribution in [2.45, 2.75) is 32.0 Å². The minimum atomic E-state index is -0.335. The van der Waals surface area contributed by atoms with Crippen LogP contribution in [0.1, 0.15) is 30.4 Å². The molecule has 1 aliphatic rings. The zero-order chi connectivity index (χ0) is 12.8. The van der Waals surface area contributed by atoms with Crippen molar-refractivity contribution in [3.8, 4) is 6.07 Å². The summed E-state index contributed by atoms with van der Waals surface area (Å²) < 4.78 is 24.4. The van der Waals surface area contributed by atoms with E-state index in [9.17, 15) is 4.39 Å². The minimum absolute atomic E-state index is 0.126. The van der Waals surface area contributed by atoms with Crippen molar-refractivity contribution in [2.24, 2.45) is 0 Å². The van der Waals surface area contributed by atoms with Crippen molar-refractivity contribution in [1.82, 2.24) is 0 Å². The van der Waals surface area contributed by atoms with Gasteiger partial charge in [0.15, 0.2) is 0 Å². The molecule has 3 nitrogen and oxygen atoms in total. The van der Waals surface area contributed by atoms with Crippen LogP contribution in [-0.2, 0) is 16.1 Å². The van der Waals surface area contributed by atoms with Crippen LogP contribution in [0.3, 0.4) is 0 Å². The van der Waals surface area contributed by atoms with Crippen LogP contribution in [0.4, 0.5) is 4.39 Å². The van der Waals surface area contributed by atoms with Gasteiger partial charge in [-0.2, -0.15) is 5.26 Å². The van der Waals surface area contributed by atoms with E-state index in [0.29, 0.717) is 17.7 Å². The highest BCUT2D eigenvalue weighted by Crippen LogP contribution is 2.15. The SMILES string of the molecule is N#Cc1ccc(F)c(COCC2CCCCO2)c1. The lowest BCUT2D eigenvalue weighted by Crippen LogP contribution is -2.24. The van der Waals surface area contributed by atoms with Crippen molar-refractivity contribution in [2.75, 3.05) is 13.2 Å². The van der Waals surface area contributed by atoms with Gasteiger partial charge >= 0.3 is 0 Å². The number of halogens is 1. The Morgan fingerprint density at radius 3 is 3.06 bits per heavy atom. The summed E-state index contributed by atoms with van der Waals surface area (Å²) in [6.45, 7) is 1.45. The second-order valence-corrected chi connectivity index (χ2v) is 4.42. The van der Waals surface area contributed by atoms with Gasteiger partial charge in [0.25, 0.3) is 0 Å². The Bertz CT molecular complexity index is 436. The largest absolute Gasteiger partial charge is 0.376 e. The fourth-order valence-corrected chi connectivity index (χ4v) is 1.99. The van der Waals surface area contributed by atoms with Crippen molar-refractivity contribution < 1.29 is 13.9 Å². The lowest BCUT2D eigenvalue weighted by atomic mass is 10.1. The van der Waals surface area contributed by atoms with Crippen molar-refractivity contribution in [1.29, 1.82) is 5.26 Å². The van der Waals surface area contributed by atoms with Crippen LogP contribution in [0.15, 0.2) is 18.2 Å². The van der Waals surface area contributed by atoms with Crippen molar-refractivity contribution in [3.05, 3.63) is 35.1 Å². The topological polar surface area (TPSA) is 42.2 Å². The van der Waals surface area contributed by atoms with Gasteiger partial charge in [-0.1, -0.05) is 0 Å². The third kappa shape index (κ3) is 3.52. The molecule has 1 heterocycles. The highest BCUT2D eigenvalue weighted by molar-refractivity contribution is 5.33. The molecule has 1 aromatic carbocycles. The molecule has 18 heavy (non-hydrogen) atoms. The first-order valence-electron chi connectivity index (χ1n) is 6.17. The number of nitrogens with zero attached hydrogens (tertiary/aromatic N) is 1. The van der Waals surface area contributed by atoms with Gasteiger partial charge in [0.05, 0.1) is 31.0 Å². The number of hydrogen-bond acceptors (Lipinski definition) is 3. The Kier molecular flexibility index (Phi) is 4.68. The molecule has 0 aliphatic carbocycles. The van der Waals surface area contributed by atoms with Gasteiger partial charge in [0, 0.05) is 12.2 Å². The molecule has 0 spiro atoms. The highest BCUT2D eigenvalue weighted by atomic mass is 19.1. The van der Waals surface area contributed by atoms with Gasteiger partial charge in [-0.25, -0.2) is 4.39 Å². The summed E-state index contributed by atoms with van der Waals surface area (Å²) in [6.07, 6.45) is 3.39. The number of benzene rings is 1. The molecule has 0 bridgehead atoms. The molecule has 4 heteroatoms. The summed E-state index contributed by atoms with van der Waals surface area (Å²) in [7, 11) is 0. The maximum Gasteiger partial charge on any atom is 0.128 e. The summed E-state index contributed by atoms with van der Waals surface area (Å²) in [5.41, 5.74) is 0.869. The smallest absolute Gasteiger partial charge is 0.128 e. The summed E-state index contributed by atoms with van der Waals surface area (Å²) in [5.74, 6) is -0.335. The zero-order valence-corrected chi connectivity index (χ0v) is 10.2. The molecule has 0 amide bonds. The standard InChI is InChI=1S/C14H16FNO2/c15-14-5-4-11(8-16)7-12(14)9-17-10-13-3-1-2-6-18-13/h4-5,7,13H,1-3,6,9-10H2. The zero-order valence-electron chi connectivity index (χ0n) is 10.2. The van der Waals surface area contributed by atoms with Gasteiger partial charge in [0.1, 0.15) is 5.82 Å². The van der Waals surface area contributed by atoms with Crippen molar-refractivity contribution >= 4 is 0 Å². The average Bonchev–Trinajstić information content (AvgIpc) is 2.42. The van der Waals surface area contributed by atoms with Crippen LogP contribution in [0, 0.1) is 17.1 Å². The summed E-state index contributed by atoms with van der Waals surface area (Å²) in [5, 5.41) is 8.75. The quantitative estimate of drug-likeness (QED) is 0.824. The molecule has 1 saturated heterocycles. The van der Waals surface area contributed by atoms with E-state index in [1.54, 1.807) is 0 Å². The van der Waals surface area contributed by atoms with E-state index in [0.717, 1.165) is 25.9 Å². The Hall–Kier alpha value is -1.44. The molecule has 0 N–H and O–H groups in total. The van der Waals surface area contributed by atoms with Crippen LogP contribution in [0.25, 0.3) is 0 Å². The highest BCUT2D eigenvalue weighted by Gasteiger charge is 2.14. The van der Waals surface area contributed by atoms with Crippen molar-refractivity contribution in [3.63, 3.8) is 0 Å². The van der Waals surface area contributed by atoms with Crippen LogP contribution >= 0.6 is 0 Å². The van der Waals surface area contributed by atoms with Gasteiger partial charge < -0.3 is 9.47 Å². The first-order chi connectivity index (χ1) is 8.79. The Balaban J connectivity index is 1.84. The molecule has 1 fully saturated rings. The third-order valence-corrected chi connectivity index (χ3v) is 3.01. The molecule has 2 rings (SSSR count). The van der Waals surface area contributed by atoms with E-state index in [1.807, 2.05) is 6.07 Å². The van der Waals surface area contributed by atoms with Gasteiger partial charge in [-0.3, -0.25) is 0 Å². The average molecular weight is 249 g/mol. The predicted octanol–water partition coefficient (Wildman–Crippen LogP) is 2.78. The minimum Gasteiger partial charge on any atom is -0.376 e. The first-order valence-corrected chi connectivity index (χ1v) is 6.17. The van der Waals surface area contributed by atoms with Crippen LogP contribution in [0.5, 0.6) is 0 Å². The molecular weight excluding hydrogens is 233 g/mol. The van der Waals surface area contributed by atoms with E-state index in [1.165, 1.54) is 18.2 Å². The molecule has 1 aliphatic heterocycles. The maximum absolute atomic E-state index is 13.5. The monoisotopic (exact) mass is 249 g/mol. The van der Waals surface area contributed by atoms with Gasteiger partial charge in [0.2, 0.25) is 0 Å². The molecule has 0 aromatic heterocycles. The van der Waals surface area contributed by atoms with Gasteiger partial charge in [-0.05, 0) is 37.5 Å². The number of nitriles is 1. The molecule has 1 atom stereocenters. The third-order valence-electron chi connectivity index (χ3n) is 3.01. The predicted molar refractivity (Wildman–Crippen MR) is 64.4 cm³/mol. The number of ether oxygens (including phenoxy) is 2. The lowest BCUT2D eigenvalue weighted by Gasteiger charge is -2.22. The Morgan fingerprint density at radius 1 is 1.44 bits per heavy atom. The second-order valence-electron chi connectivity index (χ2n) is 4.42. The second kappa shape index (κ2) is 6.48. The van der Waals surface area contributed by atoms with Crippen LogP contribution in [-0.4, -0.2) is 19.3 Å². The summed E-state index contributed by atoms with van der Waals surface area (Å²) in [6, 6.07) is 6.27. The van der Waals surface area contributed by atoms with Crippen LogP contribution < -0.4 is 0 Å². The Morgan fingerprint density at radius 2 is 2.33 bits per heavy atom. The molecule has 1 unspecified atom stereocenters. The fraction of sp³-hybridized carbons (Fsp3) is 0.500. The molecule has 1 aromatic rings. The number of rotatable bonds is 4. The van der Waals surface area contributed by atoms with E-state index >= 15 is 0 Å². The van der Waals surface area contributed by atoms with E-state index in [4.69, 9.17) is 14.7 Å². The molecule has 96 valence electrons. The van der Waals surface area contributed by atoms with Crippen LogP contribution in [0.2, 0.25) is 0 Å². The van der Waals surface area contributed by atoms with E-state index < -0.39 is 0 Å². The fourth-order valence-electron chi connectivity index (χ4n) is 1.99. The Labute approximate surface area is 106 Å². The van der Waals surface area contributed by atoms with Gasteiger partial charge in [-0.15, -0.1) is 0 Å². The summed E-state index contributed by atoms with van der Waals surface area (Å²) >= 11 is 0. The summed E-state index contributed by atoms with van der Waals surface area (Å²) in [4.78, 5) is 0. The number of hydrogen-bond donors (Lipinski definition) is 0. The molecular formula is C14H16FNO2. The normalized spacial score (nSPS) is 19.4. The van der Waals surface area contributed by atoms with E-state index in [2.05, 4.69) is 0 Å². The maximum atomic E-state index is 13.5. The molecule has 0 saturated carbocycles. The first kappa shape index (κ1) is 13.0.